The Labute approximate surface area is 218 Å². The van der Waals surface area contributed by atoms with E-state index < -0.39 is 21.4 Å². The first-order valence-corrected chi connectivity index (χ1v) is 13.1. The summed E-state index contributed by atoms with van der Waals surface area (Å²) in [7, 11) is -1.25. The number of benzene rings is 1. The van der Waals surface area contributed by atoms with Gasteiger partial charge in [-0.15, -0.1) is 10.2 Å². The SMILES string of the molecule is COc1cccc(OC)c1-n1c(NS(=O)(=O)[C@@H](C)[C@H](O)c2cccc3nccn23)nnc1-c1ccc(C)o1. The van der Waals surface area contributed by atoms with Gasteiger partial charge in [0.1, 0.15) is 39.9 Å². The van der Waals surface area contributed by atoms with Crippen LogP contribution < -0.4 is 14.2 Å². The zero-order valence-electron chi connectivity index (χ0n) is 21.1. The molecule has 0 amide bonds. The molecule has 13 heteroatoms. The van der Waals surface area contributed by atoms with Gasteiger partial charge in [0, 0.05) is 12.4 Å². The van der Waals surface area contributed by atoms with Crippen LogP contribution in [0.15, 0.2) is 65.3 Å². The Balaban J connectivity index is 1.60. The highest BCUT2D eigenvalue weighted by molar-refractivity contribution is 7.93. The fourth-order valence-electron chi connectivity index (χ4n) is 4.17. The maximum Gasteiger partial charge on any atom is 0.243 e. The van der Waals surface area contributed by atoms with Crippen LogP contribution in [0.4, 0.5) is 5.95 Å². The minimum atomic E-state index is -4.22. The van der Waals surface area contributed by atoms with Crippen LogP contribution in [0.5, 0.6) is 11.5 Å². The molecule has 0 fully saturated rings. The molecule has 0 radical (unpaired) electrons. The van der Waals surface area contributed by atoms with Crippen LogP contribution >= 0.6 is 0 Å². The number of aliphatic hydroxyl groups is 1. The highest BCUT2D eigenvalue weighted by atomic mass is 32.2. The third-order valence-electron chi connectivity index (χ3n) is 6.18. The van der Waals surface area contributed by atoms with Crippen LogP contribution in [0, 0.1) is 6.92 Å². The van der Waals surface area contributed by atoms with Gasteiger partial charge in [0.15, 0.2) is 5.76 Å². The van der Waals surface area contributed by atoms with E-state index in [4.69, 9.17) is 13.9 Å². The number of aromatic nitrogens is 5. The van der Waals surface area contributed by atoms with Crippen molar-refractivity contribution in [3.05, 3.63) is 72.4 Å². The number of rotatable bonds is 9. The van der Waals surface area contributed by atoms with E-state index in [9.17, 15) is 13.5 Å². The average Bonchev–Trinajstić information content (AvgIpc) is 3.66. The summed E-state index contributed by atoms with van der Waals surface area (Å²) in [5, 5.41) is 18.1. The van der Waals surface area contributed by atoms with Gasteiger partial charge in [-0.05, 0) is 50.2 Å². The molecule has 2 N–H and O–H groups in total. The Morgan fingerprint density at radius 1 is 1.03 bits per heavy atom. The quantitative estimate of drug-likeness (QED) is 0.288. The number of aliphatic hydroxyl groups excluding tert-OH is 1. The lowest BCUT2D eigenvalue weighted by Gasteiger charge is -2.22. The van der Waals surface area contributed by atoms with Gasteiger partial charge < -0.3 is 23.4 Å². The van der Waals surface area contributed by atoms with Gasteiger partial charge in [-0.25, -0.2) is 13.4 Å². The zero-order chi connectivity index (χ0) is 27.0. The van der Waals surface area contributed by atoms with Crippen molar-refractivity contribution in [2.75, 3.05) is 18.9 Å². The lowest BCUT2D eigenvalue weighted by atomic mass is 10.2. The number of hydrogen-bond acceptors (Lipinski definition) is 9. The minimum Gasteiger partial charge on any atom is -0.494 e. The van der Waals surface area contributed by atoms with Gasteiger partial charge in [-0.3, -0.25) is 9.29 Å². The van der Waals surface area contributed by atoms with Gasteiger partial charge in [0.2, 0.25) is 21.8 Å². The minimum absolute atomic E-state index is 0.142. The molecule has 0 aliphatic heterocycles. The third-order valence-corrected chi connectivity index (χ3v) is 7.88. The molecule has 198 valence electrons. The largest absolute Gasteiger partial charge is 0.494 e. The van der Waals surface area contributed by atoms with E-state index in [2.05, 4.69) is 19.9 Å². The molecule has 12 nitrogen and oxygen atoms in total. The summed E-state index contributed by atoms with van der Waals surface area (Å²) in [5.74, 6) is 1.83. The third kappa shape index (κ3) is 4.35. The first kappa shape index (κ1) is 25.3. The predicted molar refractivity (Wildman–Crippen MR) is 139 cm³/mol. The monoisotopic (exact) mass is 538 g/mol. The molecule has 5 rings (SSSR count). The molecule has 0 saturated carbocycles. The fourth-order valence-corrected chi connectivity index (χ4v) is 5.22. The summed E-state index contributed by atoms with van der Waals surface area (Å²) in [6.45, 7) is 3.19. The summed E-state index contributed by atoms with van der Waals surface area (Å²) in [5.41, 5.74) is 1.32. The number of methoxy groups -OCH3 is 2. The van der Waals surface area contributed by atoms with E-state index in [1.807, 2.05) is 0 Å². The van der Waals surface area contributed by atoms with Crippen LogP contribution in [0.1, 0.15) is 24.5 Å². The normalized spacial score (nSPS) is 13.4. The summed E-state index contributed by atoms with van der Waals surface area (Å²) in [6.07, 6.45) is 1.85. The number of hydrogen-bond donors (Lipinski definition) is 2. The van der Waals surface area contributed by atoms with Crippen LogP contribution in [0.25, 0.3) is 22.9 Å². The fraction of sp³-hybridized carbons (Fsp3) is 0.240. The van der Waals surface area contributed by atoms with Crippen molar-refractivity contribution >= 4 is 21.6 Å². The number of para-hydroxylation sites is 1. The second-order valence-corrected chi connectivity index (χ2v) is 10.5. The van der Waals surface area contributed by atoms with Crippen molar-refractivity contribution in [3.8, 4) is 28.8 Å². The molecule has 0 spiro atoms. The maximum atomic E-state index is 13.6. The van der Waals surface area contributed by atoms with Crippen molar-refractivity contribution in [2.45, 2.75) is 25.2 Å². The van der Waals surface area contributed by atoms with E-state index >= 15 is 0 Å². The van der Waals surface area contributed by atoms with Crippen LogP contribution in [-0.2, 0) is 10.0 Å². The van der Waals surface area contributed by atoms with E-state index in [1.165, 1.54) is 25.7 Å². The first-order chi connectivity index (χ1) is 18.2. The number of nitrogens with zero attached hydrogens (tertiary/aromatic N) is 5. The van der Waals surface area contributed by atoms with E-state index in [1.54, 1.807) is 72.2 Å². The molecule has 0 saturated heterocycles. The number of sulfonamides is 1. The number of pyridine rings is 1. The van der Waals surface area contributed by atoms with Crippen LogP contribution in [-0.4, -0.2) is 57.1 Å². The topological polar surface area (TPSA) is 146 Å². The Hall–Kier alpha value is -4.36. The molecular formula is C25H26N6O6S. The lowest BCUT2D eigenvalue weighted by Crippen LogP contribution is -2.32. The summed E-state index contributed by atoms with van der Waals surface area (Å²) >= 11 is 0. The maximum absolute atomic E-state index is 13.6. The van der Waals surface area contributed by atoms with Gasteiger partial charge in [0.25, 0.3) is 0 Å². The predicted octanol–water partition coefficient (Wildman–Crippen LogP) is 3.36. The molecule has 0 aliphatic rings. The number of nitrogens with one attached hydrogen (secondary N) is 1. The second-order valence-electron chi connectivity index (χ2n) is 8.51. The molecule has 0 bridgehead atoms. The van der Waals surface area contributed by atoms with Gasteiger partial charge in [0.05, 0.1) is 19.9 Å². The summed E-state index contributed by atoms with van der Waals surface area (Å²) in [4.78, 5) is 4.19. The summed E-state index contributed by atoms with van der Waals surface area (Å²) < 4.78 is 49.6. The number of furan rings is 1. The number of ether oxygens (including phenoxy) is 2. The van der Waals surface area contributed by atoms with Crippen molar-refractivity contribution in [3.63, 3.8) is 0 Å². The molecule has 4 heterocycles. The van der Waals surface area contributed by atoms with Crippen molar-refractivity contribution in [2.24, 2.45) is 0 Å². The smallest absolute Gasteiger partial charge is 0.243 e. The Morgan fingerprint density at radius 2 is 1.74 bits per heavy atom. The van der Waals surface area contributed by atoms with E-state index in [0.717, 1.165) is 0 Å². The van der Waals surface area contributed by atoms with E-state index in [-0.39, 0.29) is 11.8 Å². The van der Waals surface area contributed by atoms with Crippen LogP contribution in [0.3, 0.4) is 0 Å². The first-order valence-electron chi connectivity index (χ1n) is 11.6. The molecule has 0 aliphatic carbocycles. The zero-order valence-corrected chi connectivity index (χ0v) is 21.9. The number of fused-ring (bicyclic) bond motifs is 1. The summed E-state index contributed by atoms with van der Waals surface area (Å²) in [6, 6.07) is 13.7. The van der Waals surface area contributed by atoms with Gasteiger partial charge >= 0.3 is 0 Å². The molecule has 1 aromatic carbocycles. The van der Waals surface area contributed by atoms with Crippen molar-refractivity contribution in [1.82, 2.24) is 24.1 Å². The molecular weight excluding hydrogens is 512 g/mol. The van der Waals surface area contributed by atoms with Crippen molar-refractivity contribution in [1.29, 1.82) is 0 Å². The standard InChI is InChI=1S/C25H26N6O6S/c1-15-11-12-20(37-15)24-27-28-25(31(24)22-18(35-3)8-6-9-19(22)36-4)29-38(33,34)16(2)23(32)17-7-5-10-21-26-13-14-30(17)21/h5-14,16,23,32H,1-4H3,(H,28,29)/t16-,23-/m0/s1. The lowest BCUT2D eigenvalue weighted by molar-refractivity contribution is 0.170. The molecule has 38 heavy (non-hydrogen) atoms. The molecule has 0 unspecified atom stereocenters. The average molecular weight is 539 g/mol. The highest BCUT2D eigenvalue weighted by Crippen LogP contribution is 2.38. The number of imidazole rings is 1. The number of aryl methyl sites for hydroxylation is 1. The Kier molecular flexibility index (Phi) is 6.55. The van der Waals surface area contributed by atoms with Gasteiger partial charge in [-0.2, -0.15) is 0 Å². The van der Waals surface area contributed by atoms with Gasteiger partial charge in [-0.1, -0.05) is 12.1 Å². The van der Waals surface area contributed by atoms with E-state index in [0.29, 0.717) is 40.0 Å². The highest BCUT2D eigenvalue weighted by Gasteiger charge is 2.33. The second kappa shape index (κ2) is 9.84. The Morgan fingerprint density at radius 3 is 2.39 bits per heavy atom. The van der Waals surface area contributed by atoms with Crippen molar-refractivity contribution < 1.29 is 27.4 Å². The number of anilines is 1. The van der Waals surface area contributed by atoms with Crippen LogP contribution in [0.2, 0.25) is 0 Å². The molecule has 5 aromatic rings. The molecule has 2 atom stereocenters. The Bertz CT molecular complexity index is 1680. The molecule has 4 aromatic heterocycles.